The monoisotopic (exact) mass is 713 g/mol. The summed E-state index contributed by atoms with van der Waals surface area (Å²) in [5, 5.41) is 20.0. The Hall–Kier alpha value is -3.27. The van der Waals surface area contributed by atoms with Crippen molar-refractivity contribution in [3.8, 4) is 0 Å². The number of nitrogens with zero attached hydrogens (tertiary/aromatic N) is 1. The van der Waals surface area contributed by atoms with E-state index >= 15 is 0 Å². The third-order valence-electron chi connectivity index (χ3n) is 8.59. The average Bonchev–Trinajstić information content (AvgIpc) is 3.46. The van der Waals surface area contributed by atoms with Crippen molar-refractivity contribution in [3.05, 3.63) is 163 Å². The van der Waals surface area contributed by atoms with E-state index < -0.39 is 21.2 Å². The van der Waals surface area contributed by atoms with E-state index in [9.17, 15) is 0 Å². The second-order valence-corrected chi connectivity index (χ2v) is 19.6. The molecule has 0 amide bonds. The van der Waals surface area contributed by atoms with E-state index in [4.69, 9.17) is 15.3 Å². The summed E-state index contributed by atoms with van der Waals surface area (Å²) >= 11 is 0. The van der Waals surface area contributed by atoms with Crippen LogP contribution in [0.3, 0.4) is 0 Å². The minimum atomic E-state index is -1.55. The first-order valence-corrected chi connectivity index (χ1v) is 19.8. The van der Waals surface area contributed by atoms with Gasteiger partial charge in [-0.1, -0.05) is 166 Å². The van der Waals surface area contributed by atoms with Gasteiger partial charge in [0.15, 0.2) is 0 Å². The van der Waals surface area contributed by atoms with Gasteiger partial charge < -0.3 is 12.6 Å². The molecule has 1 N–H and O–H groups in total. The summed E-state index contributed by atoms with van der Waals surface area (Å²) in [6.45, 7) is 0. The van der Waals surface area contributed by atoms with Crippen LogP contribution in [0.5, 0.6) is 0 Å². The third kappa shape index (κ3) is 9.87. The molecule has 2 heterocycles. The molecule has 0 unspecified atom stereocenters. The van der Waals surface area contributed by atoms with Crippen LogP contribution in [0.2, 0.25) is 24.2 Å². The van der Waals surface area contributed by atoms with Gasteiger partial charge >= 0.3 is 22.4 Å². The first-order chi connectivity index (χ1) is 20.6. The van der Waals surface area contributed by atoms with Crippen molar-refractivity contribution in [1.82, 2.24) is 0 Å². The second-order valence-electron chi connectivity index (χ2n) is 11.0. The minimum Gasteiger partial charge on any atom is -0.358 e. The van der Waals surface area contributed by atoms with Gasteiger partial charge in [0.25, 0.3) is 5.09 Å². The van der Waals surface area contributed by atoms with Gasteiger partial charge in [0, 0.05) is 0 Å². The molecule has 4 nitrogen and oxygen atoms in total. The largest absolute Gasteiger partial charge is 1.00 e. The van der Waals surface area contributed by atoms with Crippen molar-refractivity contribution >= 4 is 36.9 Å². The Balaban J connectivity index is 0.000000263. The summed E-state index contributed by atoms with van der Waals surface area (Å²) in [4.78, 5) is 8.36. The summed E-state index contributed by atoms with van der Waals surface area (Å²) in [6.07, 6.45) is 14.4. The Morgan fingerprint density at radius 2 is 0.659 bits per heavy atom. The summed E-state index contributed by atoms with van der Waals surface area (Å²) < 4.78 is 0. The van der Waals surface area contributed by atoms with Gasteiger partial charge in [0.2, 0.25) is 0 Å². The first-order valence-electron chi connectivity index (χ1n) is 14.9. The van der Waals surface area contributed by atoms with Crippen LogP contribution >= 0.6 is 0 Å². The van der Waals surface area contributed by atoms with Gasteiger partial charge in [0.1, 0.15) is 16.1 Å². The molecule has 44 heavy (non-hydrogen) atoms. The molecule has 234 valence electrons. The Kier molecular flexibility index (Phi) is 16.1. The zero-order valence-electron chi connectivity index (χ0n) is 25.5. The van der Waals surface area contributed by atoms with Gasteiger partial charge in [-0.05, 0) is 49.9 Å². The van der Waals surface area contributed by atoms with Crippen LogP contribution in [0.1, 0.15) is 25.7 Å². The van der Waals surface area contributed by atoms with Crippen molar-refractivity contribution in [2.75, 3.05) is 0 Å². The molecule has 0 aliphatic carbocycles. The molecule has 0 radical (unpaired) electrons. The smallest absolute Gasteiger partial charge is 0.358 e. The summed E-state index contributed by atoms with van der Waals surface area (Å²) in [7, 11) is -3.10. The van der Waals surface area contributed by atoms with Crippen molar-refractivity contribution in [1.29, 1.82) is 0 Å². The molecule has 4 aromatic carbocycles. The molecule has 0 saturated carbocycles. The predicted octanol–water partition coefficient (Wildman–Crippen LogP) is 7.30. The van der Waals surface area contributed by atoms with E-state index in [1.807, 2.05) is 0 Å². The van der Waals surface area contributed by atoms with E-state index in [2.05, 4.69) is 146 Å². The molecule has 6 rings (SSSR count). The number of hydrogen-bond donors (Lipinski definition) is 1. The number of allylic oxidation sites excluding steroid dienone is 4. The average molecular weight is 715 g/mol. The molecule has 0 atom stereocenters. The Morgan fingerprint density at radius 1 is 0.477 bits per heavy atom. The van der Waals surface area contributed by atoms with E-state index in [-0.39, 0.29) is 29.8 Å². The number of benzene rings is 4. The molecule has 2 aliphatic heterocycles. The standard InChI is InChI=1S/2C18H20Si.CH3.Ag.HNO3/c2*1-2-10-16-19(15-9-1,17-11-5-3-6-12-17)18-13-7-4-8-14-18;;;2-1(3)4/h2*1-8,11-14H,9-10,15-16H2;1H3;;(H,2,3,4)/q;;-1;+1;. The molecule has 2 aliphatic rings. The third-order valence-corrected chi connectivity index (χ3v) is 18.9. The zero-order chi connectivity index (χ0) is 29.5. The van der Waals surface area contributed by atoms with Crippen LogP contribution < -0.4 is 20.7 Å². The number of rotatable bonds is 4. The van der Waals surface area contributed by atoms with Gasteiger partial charge in [0.05, 0.1) is 0 Å². The topological polar surface area (TPSA) is 63.4 Å². The van der Waals surface area contributed by atoms with Crippen molar-refractivity contribution < 1.29 is 32.7 Å². The zero-order valence-corrected chi connectivity index (χ0v) is 29.0. The summed E-state index contributed by atoms with van der Waals surface area (Å²) in [6, 6.07) is 50.3. The quantitative estimate of drug-likeness (QED) is 0.0794. The fourth-order valence-electron chi connectivity index (χ4n) is 6.56. The van der Waals surface area contributed by atoms with Crippen LogP contribution in [0.15, 0.2) is 146 Å². The molecule has 0 fully saturated rings. The van der Waals surface area contributed by atoms with Crippen LogP contribution in [0.4, 0.5) is 0 Å². The molecule has 0 bridgehead atoms. The Labute approximate surface area is 281 Å². The summed E-state index contributed by atoms with van der Waals surface area (Å²) in [5.74, 6) is 0. The molecule has 4 aromatic rings. The van der Waals surface area contributed by atoms with E-state index in [0.717, 1.165) is 0 Å². The second kappa shape index (κ2) is 19.2. The SMILES string of the molecule is C1=CCC[Si](c2ccccc2)(c2ccccc2)CC1.C1=CCC[Si](c2ccccc2)(c2ccccc2)CC1.O=[N+]([O-])O.[Ag+].[CH3-]. The van der Waals surface area contributed by atoms with E-state index in [0.29, 0.717) is 0 Å². The van der Waals surface area contributed by atoms with Crippen molar-refractivity contribution in [2.24, 2.45) is 0 Å². The molecule has 0 aromatic heterocycles. The molecule has 7 heteroatoms. The normalized spacial score (nSPS) is 16.0. The Morgan fingerprint density at radius 3 is 0.841 bits per heavy atom. The van der Waals surface area contributed by atoms with Gasteiger partial charge in [-0.2, -0.15) is 0 Å². The van der Waals surface area contributed by atoms with Crippen LogP contribution in [0.25, 0.3) is 0 Å². The van der Waals surface area contributed by atoms with Gasteiger partial charge in [-0.15, -0.1) is 10.1 Å². The predicted molar refractivity (Wildman–Crippen MR) is 187 cm³/mol. The van der Waals surface area contributed by atoms with Crippen LogP contribution in [-0.2, 0) is 22.4 Å². The Bertz CT molecular complexity index is 1210. The van der Waals surface area contributed by atoms with Crippen LogP contribution in [-0.4, -0.2) is 26.4 Å². The molecule has 0 saturated heterocycles. The summed E-state index contributed by atoms with van der Waals surface area (Å²) in [5.41, 5.74) is 0. The molecular weight excluding hydrogens is 670 g/mol. The fourth-order valence-corrected chi connectivity index (χ4v) is 16.0. The van der Waals surface area contributed by atoms with Gasteiger partial charge in [-0.3, -0.25) is 0 Å². The van der Waals surface area contributed by atoms with Crippen LogP contribution in [0, 0.1) is 17.5 Å². The molecular formula is C37H44AgNO3Si2. The fraction of sp³-hybridized carbons (Fsp3) is 0.216. The van der Waals surface area contributed by atoms with Gasteiger partial charge in [-0.25, -0.2) is 0 Å². The first kappa shape index (κ1) is 36.9. The maximum atomic E-state index is 8.36. The molecule has 0 spiro atoms. The minimum absolute atomic E-state index is 0. The number of hydrogen-bond acceptors (Lipinski definition) is 2. The maximum absolute atomic E-state index is 8.36. The van der Waals surface area contributed by atoms with Crippen molar-refractivity contribution in [2.45, 2.75) is 49.9 Å². The maximum Gasteiger partial charge on any atom is 1.00 e. The van der Waals surface area contributed by atoms with E-state index in [1.54, 1.807) is 20.7 Å². The van der Waals surface area contributed by atoms with E-state index in [1.165, 1.54) is 49.9 Å². The van der Waals surface area contributed by atoms with Crippen molar-refractivity contribution in [3.63, 3.8) is 0 Å².